The molecule has 0 heterocycles. The number of nitrogens with one attached hydrogen (secondary N) is 1. The van der Waals surface area contributed by atoms with Crippen molar-refractivity contribution in [2.45, 2.75) is 70.4 Å². The fraction of sp³-hybridized carbons (Fsp3) is 0.684. The minimum atomic E-state index is 0.311. The molecule has 0 saturated heterocycles. The van der Waals surface area contributed by atoms with Gasteiger partial charge in [0.15, 0.2) is 0 Å². The Hall–Kier alpha value is -0.860. The standard InChI is InChI=1S/C19H31NO/c1-4-5-6-7-10-13-21-18-14-15(2)16-11-8-9-12-17(16)19(18)20-3/h8-9,11-12,15,18-20H,4-7,10,13-14H2,1-3H3. The zero-order chi connectivity index (χ0) is 15.1. The molecule has 3 atom stereocenters. The van der Waals surface area contributed by atoms with Gasteiger partial charge in [-0.15, -0.1) is 0 Å². The molecule has 0 saturated carbocycles. The normalized spacial score (nSPS) is 24.8. The monoisotopic (exact) mass is 289 g/mol. The fourth-order valence-electron chi connectivity index (χ4n) is 3.50. The highest BCUT2D eigenvalue weighted by Gasteiger charge is 2.32. The molecule has 0 fully saturated rings. The smallest absolute Gasteiger partial charge is 0.0775 e. The van der Waals surface area contributed by atoms with E-state index in [-0.39, 0.29) is 0 Å². The third-order valence-electron chi connectivity index (χ3n) is 4.71. The molecule has 0 radical (unpaired) electrons. The van der Waals surface area contributed by atoms with Crippen molar-refractivity contribution in [1.82, 2.24) is 5.32 Å². The molecule has 118 valence electrons. The molecule has 1 aliphatic carbocycles. The first-order valence-corrected chi connectivity index (χ1v) is 8.65. The van der Waals surface area contributed by atoms with Crippen LogP contribution < -0.4 is 5.32 Å². The lowest BCUT2D eigenvalue weighted by atomic mass is 9.79. The molecule has 0 spiro atoms. The van der Waals surface area contributed by atoms with Gasteiger partial charge in [-0.2, -0.15) is 0 Å². The zero-order valence-corrected chi connectivity index (χ0v) is 13.9. The fourth-order valence-corrected chi connectivity index (χ4v) is 3.50. The first-order chi connectivity index (χ1) is 10.3. The average molecular weight is 289 g/mol. The summed E-state index contributed by atoms with van der Waals surface area (Å²) in [5.41, 5.74) is 2.91. The van der Waals surface area contributed by atoms with Crippen molar-refractivity contribution in [2.24, 2.45) is 0 Å². The summed E-state index contributed by atoms with van der Waals surface area (Å²) >= 11 is 0. The van der Waals surface area contributed by atoms with Crippen molar-refractivity contribution in [1.29, 1.82) is 0 Å². The maximum atomic E-state index is 6.23. The Morgan fingerprint density at radius 2 is 1.81 bits per heavy atom. The summed E-state index contributed by atoms with van der Waals surface area (Å²) in [6.45, 7) is 5.48. The summed E-state index contributed by atoms with van der Waals surface area (Å²) in [5, 5.41) is 3.47. The van der Waals surface area contributed by atoms with Crippen LogP contribution in [-0.4, -0.2) is 19.8 Å². The third-order valence-corrected chi connectivity index (χ3v) is 4.71. The molecule has 2 nitrogen and oxygen atoms in total. The number of ether oxygens (including phenoxy) is 1. The average Bonchev–Trinajstić information content (AvgIpc) is 2.51. The van der Waals surface area contributed by atoms with Gasteiger partial charge in [0.05, 0.1) is 12.1 Å². The van der Waals surface area contributed by atoms with Crippen LogP contribution in [0.4, 0.5) is 0 Å². The number of benzene rings is 1. The highest BCUT2D eigenvalue weighted by Crippen LogP contribution is 2.38. The van der Waals surface area contributed by atoms with Crippen LogP contribution in [0.5, 0.6) is 0 Å². The maximum absolute atomic E-state index is 6.23. The van der Waals surface area contributed by atoms with E-state index in [1.54, 1.807) is 0 Å². The van der Waals surface area contributed by atoms with Crippen LogP contribution in [0.3, 0.4) is 0 Å². The van der Waals surface area contributed by atoms with E-state index in [2.05, 4.69) is 50.5 Å². The highest BCUT2D eigenvalue weighted by atomic mass is 16.5. The van der Waals surface area contributed by atoms with Crippen LogP contribution in [-0.2, 0) is 4.74 Å². The first-order valence-electron chi connectivity index (χ1n) is 8.65. The molecular formula is C19H31NO. The van der Waals surface area contributed by atoms with Crippen molar-refractivity contribution in [3.8, 4) is 0 Å². The summed E-state index contributed by atoms with van der Waals surface area (Å²) in [6.07, 6.45) is 7.94. The van der Waals surface area contributed by atoms with E-state index in [4.69, 9.17) is 4.74 Å². The summed E-state index contributed by atoms with van der Waals surface area (Å²) in [7, 11) is 2.05. The summed E-state index contributed by atoms with van der Waals surface area (Å²) < 4.78 is 6.23. The van der Waals surface area contributed by atoms with Gasteiger partial charge in [0.2, 0.25) is 0 Å². The van der Waals surface area contributed by atoms with Gasteiger partial charge < -0.3 is 10.1 Å². The Morgan fingerprint density at radius 3 is 2.52 bits per heavy atom. The zero-order valence-electron chi connectivity index (χ0n) is 13.9. The van der Waals surface area contributed by atoms with Gasteiger partial charge in [0.1, 0.15) is 0 Å². The Bertz CT molecular complexity index is 418. The van der Waals surface area contributed by atoms with Crippen molar-refractivity contribution >= 4 is 0 Å². The van der Waals surface area contributed by atoms with Crippen LogP contribution in [0.1, 0.15) is 75.5 Å². The van der Waals surface area contributed by atoms with Crippen molar-refractivity contribution < 1.29 is 4.74 Å². The van der Waals surface area contributed by atoms with Crippen LogP contribution in [0.2, 0.25) is 0 Å². The predicted octanol–water partition coefficient (Wildman–Crippen LogP) is 4.81. The molecule has 1 N–H and O–H groups in total. The second kappa shape index (κ2) is 8.55. The van der Waals surface area contributed by atoms with E-state index in [1.165, 1.54) is 43.2 Å². The quantitative estimate of drug-likeness (QED) is 0.693. The van der Waals surface area contributed by atoms with Gasteiger partial charge >= 0.3 is 0 Å². The number of hydrogen-bond donors (Lipinski definition) is 1. The topological polar surface area (TPSA) is 21.3 Å². The molecule has 2 rings (SSSR count). The number of hydrogen-bond acceptors (Lipinski definition) is 2. The Labute approximate surface area is 130 Å². The van der Waals surface area contributed by atoms with Crippen LogP contribution in [0.25, 0.3) is 0 Å². The predicted molar refractivity (Wildman–Crippen MR) is 89.8 cm³/mol. The minimum absolute atomic E-state index is 0.311. The summed E-state index contributed by atoms with van der Waals surface area (Å²) in [5.74, 6) is 0.593. The molecular weight excluding hydrogens is 258 g/mol. The maximum Gasteiger partial charge on any atom is 0.0775 e. The molecule has 0 bridgehead atoms. The Morgan fingerprint density at radius 1 is 1.10 bits per heavy atom. The SMILES string of the molecule is CCCCCCCOC1CC(C)c2ccccc2C1NC. The number of unbranched alkanes of at least 4 members (excludes halogenated alkanes) is 4. The summed E-state index contributed by atoms with van der Waals surface area (Å²) in [4.78, 5) is 0. The lowest BCUT2D eigenvalue weighted by molar-refractivity contribution is 0.0107. The molecule has 0 amide bonds. The molecule has 1 aliphatic rings. The van der Waals surface area contributed by atoms with Gasteiger partial charge in [-0.05, 0) is 36.9 Å². The Kier molecular flexibility index (Phi) is 6.72. The molecule has 1 aromatic rings. The van der Waals surface area contributed by atoms with Crippen molar-refractivity contribution in [3.63, 3.8) is 0 Å². The summed E-state index contributed by atoms with van der Waals surface area (Å²) in [6, 6.07) is 9.16. The minimum Gasteiger partial charge on any atom is -0.376 e. The van der Waals surface area contributed by atoms with Crippen LogP contribution in [0.15, 0.2) is 24.3 Å². The van der Waals surface area contributed by atoms with E-state index >= 15 is 0 Å². The second-order valence-corrected chi connectivity index (χ2v) is 6.36. The highest BCUT2D eigenvalue weighted by molar-refractivity contribution is 5.36. The lowest BCUT2D eigenvalue weighted by Gasteiger charge is -2.36. The lowest BCUT2D eigenvalue weighted by Crippen LogP contribution is -2.37. The molecule has 0 aromatic heterocycles. The molecule has 2 heteroatoms. The van der Waals surface area contributed by atoms with E-state index in [0.717, 1.165) is 13.0 Å². The number of rotatable bonds is 8. The van der Waals surface area contributed by atoms with Gasteiger partial charge in [0, 0.05) is 6.61 Å². The van der Waals surface area contributed by atoms with E-state index in [0.29, 0.717) is 18.1 Å². The van der Waals surface area contributed by atoms with Crippen molar-refractivity contribution in [2.75, 3.05) is 13.7 Å². The van der Waals surface area contributed by atoms with Crippen LogP contribution >= 0.6 is 0 Å². The number of fused-ring (bicyclic) bond motifs is 1. The molecule has 3 unspecified atom stereocenters. The molecule has 21 heavy (non-hydrogen) atoms. The third kappa shape index (κ3) is 4.31. The van der Waals surface area contributed by atoms with E-state index < -0.39 is 0 Å². The Balaban J connectivity index is 1.89. The first kappa shape index (κ1) is 16.5. The van der Waals surface area contributed by atoms with Gasteiger partial charge in [-0.1, -0.05) is 63.8 Å². The van der Waals surface area contributed by atoms with Gasteiger partial charge in [-0.25, -0.2) is 0 Å². The van der Waals surface area contributed by atoms with Gasteiger partial charge in [-0.3, -0.25) is 0 Å². The van der Waals surface area contributed by atoms with E-state index in [1.807, 2.05) is 0 Å². The van der Waals surface area contributed by atoms with Crippen LogP contribution in [0, 0.1) is 0 Å². The van der Waals surface area contributed by atoms with Crippen molar-refractivity contribution in [3.05, 3.63) is 35.4 Å². The number of likely N-dealkylation sites (N-methyl/N-ethyl adjacent to an activating group) is 1. The van der Waals surface area contributed by atoms with Gasteiger partial charge in [0.25, 0.3) is 0 Å². The largest absolute Gasteiger partial charge is 0.376 e. The molecule has 1 aromatic carbocycles. The molecule has 0 aliphatic heterocycles. The second-order valence-electron chi connectivity index (χ2n) is 6.36. The van der Waals surface area contributed by atoms with E-state index in [9.17, 15) is 0 Å².